The molecule has 0 fully saturated rings. The fraction of sp³-hybridized carbons (Fsp3) is 0.333. The van der Waals surface area contributed by atoms with Crippen molar-refractivity contribution in [2.24, 2.45) is 0 Å². The Kier molecular flexibility index (Phi) is 5.55. The molecule has 0 radical (unpaired) electrons. The summed E-state index contributed by atoms with van der Waals surface area (Å²) in [5.74, 6) is 0.445. The number of ether oxygens (including phenoxy) is 1. The third-order valence-corrected chi connectivity index (χ3v) is 4.95. The van der Waals surface area contributed by atoms with Crippen LogP contribution in [0.5, 0.6) is 5.75 Å². The summed E-state index contributed by atoms with van der Waals surface area (Å²) in [6, 6.07) is 16.7. The van der Waals surface area contributed by atoms with Crippen LogP contribution in [0.3, 0.4) is 0 Å². The predicted molar refractivity (Wildman–Crippen MR) is 99.5 cm³/mol. The van der Waals surface area contributed by atoms with E-state index in [4.69, 9.17) is 4.74 Å². The quantitative estimate of drug-likeness (QED) is 0.901. The molecule has 3 rings (SSSR count). The first-order chi connectivity index (χ1) is 12.6. The normalized spacial score (nSPS) is 16.0. The molecule has 1 aliphatic heterocycles. The Morgan fingerprint density at radius 2 is 1.88 bits per heavy atom. The van der Waals surface area contributed by atoms with E-state index in [2.05, 4.69) is 34.5 Å². The van der Waals surface area contributed by atoms with E-state index in [1.165, 1.54) is 11.1 Å². The number of methoxy groups -OCH3 is 1. The topological polar surface area (TPSA) is 65.4 Å². The van der Waals surface area contributed by atoms with Crippen LogP contribution in [0.25, 0.3) is 0 Å². The Bertz CT molecular complexity index is 828. The molecule has 1 heterocycles. The molecule has 2 aromatic rings. The number of nitrogens with zero attached hydrogens (tertiary/aromatic N) is 2. The predicted octanol–water partition coefficient (Wildman–Crippen LogP) is 2.82. The summed E-state index contributed by atoms with van der Waals surface area (Å²) in [6.45, 7) is 3.47. The van der Waals surface area contributed by atoms with Crippen LogP contribution in [0.4, 0.5) is 0 Å². The van der Waals surface area contributed by atoms with Gasteiger partial charge in [-0.2, -0.15) is 5.26 Å². The molecule has 2 atom stereocenters. The van der Waals surface area contributed by atoms with Gasteiger partial charge in [-0.05, 0) is 30.5 Å². The van der Waals surface area contributed by atoms with Gasteiger partial charge in [0, 0.05) is 18.7 Å². The minimum Gasteiger partial charge on any atom is -0.496 e. The number of rotatable bonds is 5. The van der Waals surface area contributed by atoms with Crippen molar-refractivity contribution >= 4 is 5.91 Å². The van der Waals surface area contributed by atoms with Crippen molar-refractivity contribution in [2.45, 2.75) is 32.0 Å². The molecule has 1 amide bonds. The molecule has 0 aromatic heterocycles. The lowest BCUT2D eigenvalue weighted by Crippen LogP contribution is -2.47. The molecular formula is C21H23N3O2. The first-order valence-corrected chi connectivity index (χ1v) is 8.77. The monoisotopic (exact) mass is 349 g/mol. The zero-order chi connectivity index (χ0) is 18.5. The third kappa shape index (κ3) is 3.71. The highest BCUT2D eigenvalue weighted by Gasteiger charge is 2.27. The standard InChI is InChI=1S/C21H23N3O2/c1-15(24-12-11-16-7-3-4-8-17(16)14-24)21(25)23-19(13-22)18-9-5-6-10-20(18)26-2/h3-10,15,19H,11-12,14H2,1-2H3,(H,23,25)/t15-,19-/m1/s1. The lowest BCUT2D eigenvalue weighted by Gasteiger charge is -2.33. The minimum absolute atomic E-state index is 0.151. The van der Waals surface area contributed by atoms with Gasteiger partial charge in [-0.1, -0.05) is 42.5 Å². The number of hydrogen-bond acceptors (Lipinski definition) is 4. The van der Waals surface area contributed by atoms with E-state index in [0.29, 0.717) is 11.3 Å². The molecule has 0 aliphatic carbocycles. The Labute approximate surface area is 154 Å². The van der Waals surface area contributed by atoms with E-state index < -0.39 is 6.04 Å². The van der Waals surface area contributed by atoms with Gasteiger partial charge in [0.15, 0.2) is 0 Å². The summed E-state index contributed by atoms with van der Waals surface area (Å²) in [5, 5.41) is 12.4. The Morgan fingerprint density at radius 3 is 2.62 bits per heavy atom. The van der Waals surface area contributed by atoms with E-state index in [1.807, 2.05) is 25.1 Å². The van der Waals surface area contributed by atoms with Gasteiger partial charge in [-0.25, -0.2) is 0 Å². The van der Waals surface area contributed by atoms with Crippen molar-refractivity contribution in [2.75, 3.05) is 13.7 Å². The largest absolute Gasteiger partial charge is 0.496 e. The van der Waals surface area contributed by atoms with Crippen LogP contribution in [0, 0.1) is 11.3 Å². The van der Waals surface area contributed by atoms with E-state index in [1.54, 1.807) is 19.2 Å². The van der Waals surface area contributed by atoms with E-state index in [9.17, 15) is 10.1 Å². The molecule has 1 aliphatic rings. The number of fused-ring (bicyclic) bond motifs is 1. The minimum atomic E-state index is -0.738. The van der Waals surface area contributed by atoms with Crippen LogP contribution in [0.15, 0.2) is 48.5 Å². The van der Waals surface area contributed by atoms with Crippen LogP contribution < -0.4 is 10.1 Å². The Hall–Kier alpha value is -2.84. The highest BCUT2D eigenvalue weighted by Crippen LogP contribution is 2.25. The second kappa shape index (κ2) is 8.03. The van der Waals surface area contributed by atoms with Crippen molar-refractivity contribution < 1.29 is 9.53 Å². The summed E-state index contributed by atoms with van der Waals surface area (Å²) < 4.78 is 5.31. The van der Waals surface area contributed by atoms with Gasteiger partial charge < -0.3 is 10.1 Å². The number of para-hydroxylation sites is 1. The molecule has 0 unspecified atom stereocenters. The van der Waals surface area contributed by atoms with Gasteiger partial charge in [0.2, 0.25) is 5.91 Å². The molecule has 0 spiro atoms. The lowest BCUT2D eigenvalue weighted by atomic mass is 9.98. The van der Waals surface area contributed by atoms with Gasteiger partial charge in [0.25, 0.3) is 0 Å². The summed E-state index contributed by atoms with van der Waals surface area (Å²) in [7, 11) is 1.56. The molecule has 2 aromatic carbocycles. The Morgan fingerprint density at radius 1 is 1.19 bits per heavy atom. The van der Waals surface area contributed by atoms with Gasteiger partial charge >= 0.3 is 0 Å². The molecule has 0 saturated heterocycles. The number of benzene rings is 2. The van der Waals surface area contributed by atoms with Crippen molar-refractivity contribution in [3.8, 4) is 11.8 Å². The van der Waals surface area contributed by atoms with E-state index >= 15 is 0 Å². The zero-order valence-corrected chi connectivity index (χ0v) is 15.1. The summed E-state index contributed by atoms with van der Waals surface area (Å²) >= 11 is 0. The third-order valence-electron chi connectivity index (χ3n) is 4.95. The molecule has 1 N–H and O–H groups in total. The smallest absolute Gasteiger partial charge is 0.238 e. The second-order valence-electron chi connectivity index (χ2n) is 6.48. The lowest BCUT2D eigenvalue weighted by molar-refractivity contribution is -0.126. The van der Waals surface area contributed by atoms with Crippen molar-refractivity contribution in [1.29, 1.82) is 5.26 Å². The first kappa shape index (κ1) is 18.0. The fourth-order valence-electron chi connectivity index (χ4n) is 3.36. The Balaban J connectivity index is 1.70. The van der Waals surface area contributed by atoms with Crippen LogP contribution in [-0.4, -0.2) is 30.5 Å². The molecule has 5 heteroatoms. The molecule has 5 nitrogen and oxygen atoms in total. The maximum absolute atomic E-state index is 12.8. The maximum Gasteiger partial charge on any atom is 0.238 e. The number of carbonyl (C=O) groups excluding carboxylic acids is 1. The van der Waals surface area contributed by atoms with Gasteiger partial charge in [-0.3, -0.25) is 9.69 Å². The van der Waals surface area contributed by atoms with E-state index in [0.717, 1.165) is 19.5 Å². The summed E-state index contributed by atoms with van der Waals surface area (Å²) in [5.41, 5.74) is 3.28. The average Bonchev–Trinajstić information content (AvgIpc) is 2.70. The fourth-order valence-corrected chi connectivity index (χ4v) is 3.36. The van der Waals surface area contributed by atoms with Gasteiger partial charge in [0.1, 0.15) is 11.8 Å². The highest BCUT2D eigenvalue weighted by atomic mass is 16.5. The first-order valence-electron chi connectivity index (χ1n) is 8.77. The van der Waals surface area contributed by atoms with Gasteiger partial charge in [-0.15, -0.1) is 0 Å². The SMILES string of the molecule is COc1ccccc1[C@@H](C#N)NC(=O)[C@@H](C)N1CCc2ccccc2C1. The van der Waals surface area contributed by atoms with Crippen LogP contribution in [-0.2, 0) is 17.8 Å². The average molecular weight is 349 g/mol. The zero-order valence-electron chi connectivity index (χ0n) is 15.1. The number of nitriles is 1. The molecular weight excluding hydrogens is 326 g/mol. The van der Waals surface area contributed by atoms with E-state index in [-0.39, 0.29) is 11.9 Å². The van der Waals surface area contributed by atoms with Crippen LogP contribution in [0.2, 0.25) is 0 Å². The van der Waals surface area contributed by atoms with Crippen molar-refractivity contribution in [3.63, 3.8) is 0 Å². The van der Waals surface area contributed by atoms with Crippen molar-refractivity contribution in [3.05, 3.63) is 65.2 Å². The maximum atomic E-state index is 12.8. The van der Waals surface area contributed by atoms with Crippen LogP contribution >= 0.6 is 0 Å². The highest BCUT2D eigenvalue weighted by molar-refractivity contribution is 5.82. The molecule has 26 heavy (non-hydrogen) atoms. The number of amides is 1. The molecule has 134 valence electrons. The number of nitrogens with one attached hydrogen (secondary N) is 1. The summed E-state index contributed by atoms with van der Waals surface area (Å²) in [6.07, 6.45) is 0.933. The second-order valence-corrected chi connectivity index (χ2v) is 6.48. The van der Waals surface area contributed by atoms with Crippen LogP contribution in [0.1, 0.15) is 29.7 Å². The molecule has 0 bridgehead atoms. The van der Waals surface area contributed by atoms with Crippen molar-refractivity contribution in [1.82, 2.24) is 10.2 Å². The molecule has 0 saturated carbocycles. The van der Waals surface area contributed by atoms with Gasteiger partial charge in [0.05, 0.1) is 19.2 Å². The number of hydrogen-bond donors (Lipinski definition) is 1. The summed E-state index contributed by atoms with van der Waals surface area (Å²) in [4.78, 5) is 14.9. The number of carbonyl (C=O) groups is 1.